The van der Waals surface area contributed by atoms with Crippen LogP contribution in [0.15, 0.2) is 40.6 Å². The van der Waals surface area contributed by atoms with E-state index < -0.39 is 15.6 Å². The van der Waals surface area contributed by atoms with Gasteiger partial charge in [-0.25, -0.2) is 8.42 Å². The number of aliphatic hydroxyl groups is 1. The van der Waals surface area contributed by atoms with Crippen molar-refractivity contribution in [3.05, 3.63) is 46.3 Å². The summed E-state index contributed by atoms with van der Waals surface area (Å²) in [5.74, 6) is 0. The van der Waals surface area contributed by atoms with E-state index in [9.17, 15) is 13.5 Å². The fourth-order valence-corrected chi connectivity index (χ4v) is 5.60. The number of rotatable bonds is 2. The maximum absolute atomic E-state index is 12.8. The number of benzene rings is 1. The van der Waals surface area contributed by atoms with Crippen LogP contribution in [0, 0.1) is 0 Å². The zero-order chi connectivity index (χ0) is 15.3. The Kier molecular flexibility index (Phi) is 3.52. The average molecular weight is 344 g/mol. The van der Waals surface area contributed by atoms with Gasteiger partial charge in [0.1, 0.15) is 4.21 Å². The maximum Gasteiger partial charge on any atom is 0.273 e. The summed E-state index contributed by atoms with van der Waals surface area (Å²) in [6.07, 6.45) is 0.350. The van der Waals surface area contributed by atoms with Crippen LogP contribution in [-0.4, -0.2) is 20.1 Å². The fourth-order valence-electron chi connectivity index (χ4n) is 2.52. The van der Waals surface area contributed by atoms with Gasteiger partial charge in [0, 0.05) is 12.1 Å². The lowest BCUT2D eigenvalue weighted by molar-refractivity contribution is 0.0472. The first-order valence-corrected chi connectivity index (χ1v) is 9.06. The summed E-state index contributed by atoms with van der Waals surface area (Å²) in [5, 5.41) is 10.4. The van der Waals surface area contributed by atoms with Gasteiger partial charge in [-0.2, -0.15) is 0 Å². The Hall–Kier alpha value is -1.08. The zero-order valence-electron chi connectivity index (χ0n) is 11.3. The van der Waals surface area contributed by atoms with Crippen molar-refractivity contribution in [2.24, 2.45) is 0 Å². The third-order valence-corrected chi connectivity index (χ3v) is 7.16. The third kappa shape index (κ3) is 2.46. The van der Waals surface area contributed by atoms with Gasteiger partial charge >= 0.3 is 0 Å². The number of para-hydroxylation sites is 1. The van der Waals surface area contributed by atoms with Gasteiger partial charge in [-0.3, -0.25) is 4.31 Å². The highest BCUT2D eigenvalue weighted by Crippen LogP contribution is 2.41. The molecule has 0 amide bonds. The van der Waals surface area contributed by atoms with E-state index in [2.05, 4.69) is 0 Å². The van der Waals surface area contributed by atoms with Crippen LogP contribution in [0.2, 0.25) is 4.34 Å². The molecule has 1 atom stereocenters. The summed E-state index contributed by atoms with van der Waals surface area (Å²) in [7, 11) is -3.65. The Balaban J connectivity index is 2.13. The minimum Gasteiger partial charge on any atom is -0.385 e. The summed E-state index contributed by atoms with van der Waals surface area (Å²) in [6.45, 7) is 1.94. The highest BCUT2D eigenvalue weighted by atomic mass is 35.5. The molecular weight excluding hydrogens is 330 g/mol. The first kappa shape index (κ1) is 14.8. The minimum atomic E-state index is -3.65. The van der Waals surface area contributed by atoms with E-state index in [1.165, 1.54) is 10.4 Å². The highest BCUT2D eigenvalue weighted by Gasteiger charge is 2.38. The second-order valence-corrected chi connectivity index (χ2v) is 8.98. The largest absolute Gasteiger partial charge is 0.385 e. The Labute approximate surface area is 132 Å². The normalized spacial score (nSPS) is 22.1. The number of anilines is 1. The lowest BCUT2D eigenvalue weighted by Crippen LogP contribution is -2.41. The molecule has 21 heavy (non-hydrogen) atoms. The highest BCUT2D eigenvalue weighted by molar-refractivity contribution is 7.94. The number of halogens is 1. The Morgan fingerprint density at radius 3 is 2.67 bits per heavy atom. The number of hydrogen-bond acceptors (Lipinski definition) is 4. The van der Waals surface area contributed by atoms with Gasteiger partial charge in [-0.1, -0.05) is 29.8 Å². The topological polar surface area (TPSA) is 57.6 Å². The molecule has 112 valence electrons. The van der Waals surface area contributed by atoms with Crippen LogP contribution in [0.5, 0.6) is 0 Å². The lowest BCUT2D eigenvalue weighted by Gasteiger charge is -2.38. The Bertz CT molecular complexity index is 783. The molecule has 0 bridgehead atoms. The van der Waals surface area contributed by atoms with Crippen molar-refractivity contribution in [2.75, 3.05) is 10.8 Å². The van der Waals surface area contributed by atoms with E-state index in [1.807, 2.05) is 0 Å². The first-order valence-electron chi connectivity index (χ1n) is 6.42. The summed E-state index contributed by atoms with van der Waals surface area (Å²) >= 11 is 6.88. The van der Waals surface area contributed by atoms with Crippen molar-refractivity contribution in [3.8, 4) is 0 Å². The molecule has 1 aliphatic heterocycles. The number of fused-ring (bicyclic) bond motifs is 1. The molecule has 3 rings (SSSR count). The second-order valence-electron chi connectivity index (χ2n) is 5.18. The van der Waals surface area contributed by atoms with Crippen molar-refractivity contribution in [1.82, 2.24) is 0 Å². The number of hydrogen-bond donors (Lipinski definition) is 1. The summed E-state index contributed by atoms with van der Waals surface area (Å²) < 4.78 is 27.5. The van der Waals surface area contributed by atoms with Crippen molar-refractivity contribution in [1.29, 1.82) is 0 Å². The van der Waals surface area contributed by atoms with E-state index in [0.717, 1.165) is 11.3 Å². The molecule has 1 N–H and O–H groups in total. The van der Waals surface area contributed by atoms with Crippen LogP contribution in [0.25, 0.3) is 0 Å². The predicted octanol–water partition coefficient (Wildman–Crippen LogP) is 3.21. The molecule has 7 heteroatoms. The predicted molar refractivity (Wildman–Crippen MR) is 84.5 cm³/mol. The van der Waals surface area contributed by atoms with E-state index in [1.54, 1.807) is 37.3 Å². The molecule has 1 aromatic heterocycles. The summed E-state index contributed by atoms with van der Waals surface area (Å²) in [4.78, 5) is 0. The quantitative estimate of drug-likeness (QED) is 0.910. The molecule has 0 fully saturated rings. The van der Waals surface area contributed by atoms with Gasteiger partial charge in [0.05, 0.1) is 15.6 Å². The van der Waals surface area contributed by atoms with Crippen molar-refractivity contribution >= 4 is 38.6 Å². The third-order valence-electron chi connectivity index (χ3n) is 3.65. The van der Waals surface area contributed by atoms with Crippen LogP contribution < -0.4 is 4.31 Å². The van der Waals surface area contributed by atoms with Gasteiger partial charge in [-0.05, 0) is 31.5 Å². The van der Waals surface area contributed by atoms with Gasteiger partial charge < -0.3 is 5.11 Å². The van der Waals surface area contributed by atoms with Crippen molar-refractivity contribution in [3.63, 3.8) is 0 Å². The fraction of sp³-hybridized carbons (Fsp3) is 0.286. The standard InChI is InChI=1S/C14H14ClNO3S2/c1-14(17)8-9-16(11-5-3-2-4-10(11)14)21(18,19)13-7-6-12(15)20-13/h2-7,17H,8-9H2,1H3. The molecule has 0 saturated heterocycles. The van der Waals surface area contributed by atoms with Crippen molar-refractivity contribution < 1.29 is 13.5 Å². The Morgan fingerprint density at radius 2 is 2.00 bits per heavy atom. The summed E-state index contributed by atoms with van der Waals surface area (Å²) in [6, 6.07) is 10.1. The van der Waals surface area contributed by atoms with Crippen LogP contribution in [0.1, 0.15) is 18.9 Å². The Morgan fingerprint density at radius 1 is 1.29 bits per heavy atom. The number of sulfonamides is 1. The monoisotopic (exact) mass is 343 g/mol. The SMILES string of the molecule is CC1(O)CCN(S(=O)(=O)c2ccc(Cl)s2)c2ccccc21. The van der Waals surface area contributed by atoms with E-state index in [-0.39, 0.29) is 10.8 Å². The molecule has 2 heterocycles. The first-order chi connectivity index (χ1) is 9.82. The molecule has 0 spiro atoms. The molecule has 0 saturated carbocycles. The molecule has 1 unspecified atom stereocenters. The van der Waals surface area contributed by atoms with Crippen LogP contribution in [-0.2, 0) is 15.6 Å². The summed E-state index contributed by atoms with van der Waals surface area (Å²) in [5.41, 5.74) is 0.135. The molecule has 2 aromatic rings. The molecule has 0 aliphatic carbocycles. The van der Waals surface area contributed by atoms with Gasteiger partial charge in [0.2, 0.25) is 0 Å². The lowest BCUT2D eigenvalue weighted by atomic mass is 9.88. The second kappa shape index (κ2) is 4.98. The minimum absolute atomic E-state index is 0.212. The van der Waals surface area contributed by atoms with E-state index in [4.69, 9.17) is 11.6 Å². The molecule has 0 radical (unpaired) electrons. The zero-order valence-corrected chi connectivity index (χ0v) is 13.7. The number of thiophene rings is 1. The van der Waals surface area contributed by atoms with Crippen LogP contribution in [0.3, 0.4) is 0 Å². The van der Waals surface area contributed by atoms with E-state index in [0.29, 0.717) is 22.0 Å². The maximum atomic E-state index is 12.8. The van der Waals surface area contributed by atoms with Gasteiger partial charge in [-0.15, -0.1) is 11.3 Å². The van der Waals surface area contributed by atoms with Gasteiger partial charge in [0.25, 0.3) is 10.0 Å². The molecular formula is C14H14ClNO3S2. The number of nitrogens with zero attached hydrogens (tertiary/aromatic N) is 1. The van der Waals surface area contributed by atoms with Gasteiger partial charge in [0.15, 0.2) is 0 Å². The molecule has 1 aromatic carbocycles. The smallest absolute Gasteiger partial charge is 0.273 e. The van der Waals surface area contributed by atoms with E-state index >= 15 is 0 Å². The van der Waals surface area contributed by atoms with Crippen LogP contribution in [0.4, 0.5) is 5.69 Å². The molecule has 4 nitrogen and oxygen atoms in total. The van der Waals surface area contributed by atoms with Crippen LogP contribution >= 0.6 is 22.9 Å². The average Bonchev–Trinajstić information content (AvgIpc) is 2.86. The van der Waals surface area contributed by atoms with Crippen molar-refractivity contribution in [2.45, 2.75) is 23.2 Å². The molecule has 1 aliphatic rings.